The van der Waals surface area contributed by atoms with E-state index in [1.165, 1.54) is 6.20 Å². The Morgan fingerprint density at radius 2 is 2.25 bits per heavy atom. The summed E-state index contributed by atoms with van der Waals surface area (Å²) in [5, 5.41) is 20.4. The van der Waals surface area contributed by atoms with Crippen molar-refractivity contribution < 1.29 is 14.7 Å². The number of nitrogens with zero attached hydrogens (tertiary/aromatic N) is 3. The van der Waals surface area contributed by atoms with Gasteiger partial charge in [-0.2, -0.15) is 5.26 Å². The van der Waals surface area contributed by atoms with E-state index in [2.05, 4.69) is 11.1 Å². The van der Waals surface area contributed by atoms with Gasteiger partial charge in [-0.3, -0.25) is 15.0 Å². The molecule has 3 rings (SSSR count). The fourth-order valence-electron chi connectivity index (χ4n) is 2.87. The lowest BCUT2D eigenvalue weighted by molar-refractivity contribution is -0.112. The van der Waals surface area contributed by atoms with Crippen LogP contribution in [-0.4, -0.2) is 26.8 Å². The lowest BCUT2D eigenvalue weighted by Gasteiger charge is -2.40. The van der Waals surface area contributed by atoms with Crippen LogP contribution < -0.4 is 4.74 Å². The van der Waals surface area contributed by atoms with Crippen molar-refractivity contribution >= 4 is 5.91 Å². The fraction of sp³-hybridized carbons (Fsp3) is 0.278. The third kappa shape index (κ3) is 2.94. The first kappa shape index (κ1) is 16.0. The largest absolute Gasteiger partial charge is 0.487 e. The number of fused-ring (bicyclic) bond motifs is 1. The predicted octanol–water partition coefficient (Wildman–Crippen LogP) is 3.09. The van der Waals surface area contributed by atoms with Crippen molar-refractivity contribution in [1.29, 1.82) is 5.26 Å². The van der Waals surface area contributed by atoms with Gasteiger partial charge in [-0.05, 0) is 44.2 Å². The van der Waals surface area contributed by atoms with Crippen LogP contribution in [0.5, 0.6) is 5.75 Å². The van der Waals surface area contributed by atoms with Gasteiger partial charge in [0.1, 0.15) is 11.4 Å². The summed E-state index contributed by atoms with van der Waals surface area (Å²) in [7, 11) is 0. The Morgan fingerprint density at radius 1 is 1.46 bits per heavy atom. The Bertz CT molecular complexity index is 812. The van der Waals surface area contributed by atoms with Crippen LogP contribution in [0.4, 0.5) is 0 Å². The molecule has 1 atom stereocenters. The molecule has 1 amide bonds. The molecule has 1 aromatic heterocycles. The second-order valence-corrected chi connectivity index (χ2v) is 6.34. The highest BCUT2D eigenvalue weighted by Crippen LogP contribution is 2.42. The molecule has 1 unspecified atom stereocenters. The molecule has 6 nitrogen and oxygen atoms in total. The molecule has 0 radical (unpaired) electrons. The SMILES string of the molecule is CC1(C)CC(N(O)C(=O)c2cccnc2)c2cc(C#N)ccc2O1. The van der Waals surface area contributed by atoms with Crippen LogP contribution in [0.25, 0.3) is 0 Å². The average molecular weight is 323 g/mol. The van der Waals surface area contributed by atoms with Gasteiger partial charge in [0.2, 0.25) is 0 Å². The van der Waals surface area contributed by atoms with Crippen LogP contribution in [0, 0.1) is 11.3 Å². The van der Waals surface area contributed by atoms with E-state index in [1.807, 2.05) is 13.8 Å². The summed E-state index contributed by atoms with van der Waals surface area (Å²) in [5.74, 6) is 0.0207. The minimum atomic E-state index is -0.607. The molecule has 2 heterocycles. The second-order valence-electron chi connectivity index (χ2n) is 6.34. The molecule has 122 valence electrons. The molecule has 0 aliphatic carbocycles. The van der Waals surface area contributed by atoms with Crippen molar-refractivity contribution in [1.82, 2.24) is 10.0 Å². The topological polar surface area (TPSA) is 86.5 Å². The highest BCUT2D eigenvalue weighted by Gasteiger charge is 2.38. The molecular formula is C18H17N3O3. The maximum atomic E-state index is 12.5. The summed E-state index contributed by atoms with van der Waals surface area (Å²) in [4.78, 5) is 16.5. The standard InChI is InChI=1S/C18H17N3O3/c1-18(2)9-15(14-8-12(10-19)5-6-16(14)24-18)21(23)17(22)13-4-3-7-20-11-13/h3-8,11,15,23H,9H2,1-2H3. The zero-order chi connectivity index (χ0) is 17.3. The molecule has 0 saturated heterocycles. The Hall–Kier alpha value is -2.91. The van der Waals surface area contributed by atoms with Crippen LogP contribution in [0.3, 0.4) is 0 Å². The zero-order valence-electron chi connectivity index (χ0n) is 13.4. The van der Waals surface area contributed by atoms with Gasteiger partial charge >= 0.3 is 0 Å². The van der Waals surface area contributed by atoms with Gasteiger partial charge < -0.3 is 4.74 Å². The van der Waals surface area contributed by atoms with E-state index in [0.29, 0.717) is 33.9 Å². The van der Waals surface area contributed by atoms with E-state index in [4.69, 9.17) is 10.00 Å². The normalized spacial score (nSPS) is 18.0. The highest BCUT2D eigenvalue weighted by molar-refractivity contribution is 5.93. The number of ether oxygens (including phenoxy) is 1. The van der Waals surface area contributed by atoms with Gasteiger partial charge in [-0.15, -0.1) is 0 Å². The molecule has 0 saturated carbocycles. The maximum absolute atomic E-state index is 12.5. The molecule has 1 N–H and O–H groups in total. The molecular weight excluding hydrogens is 306 g/mol. The zero-order valence-corrected chi connectivity index (χ0v) is 13.4. The molecule has 6 heteroatoms. The van der Waals surface area contributed by atoms with Gasteiger partial charge in [-0.1, -0.05) is 0 Å². The smallest absolute Gasteiger partial charge is 0.279 e. The molecule has 24 heavy (non-hydrogen) atoms. The van der Waals surface area contributed by atoms with Crippen molar-refractivity contribution in [2.75, 3.05) is 0 Å². The molecule has 1 aromatic carbocycles. The summed E-state index contributed by atoms with van der Waals surface area (Å²) in [6.07, 6.45) is 3.37. The second kappa shape index (κ2) is 5.95. The average Bonchev–Trinajstić information content (AvgIpc) is 2.59. The van der Waals surface area contributed by atoms with Crippen LogP contribution in [-0.2, 0) is 0 Å². The van der Waals surface area contributed by atoms with Crippen LogP contribution in [0.15, 0.2) is 42.7 Å². The summed E-state index contributed by atoms with van der Waals surface area (Å²) in [5.41, 5.74) is 0.807. The lowest BCUT2D eigenvalue weighted by atomic mass is 9.88. The maximum Gasteiger partial charge on any atom is 0.279 e. The van der Waals surface area contributed by atoms with E-state index in [1.54, 1.807) is 36.5 Å². The van der Waals surface area contributed by atoms with E-state index in [9.17, 15) is 10.0 Å². The van der Waals surface area contributed by atoms with Gasteiger partial charge in [0, 0.05) is 24.4 Å². The van der Waals surface area contributed by atoms with E-state index < -0.39 is 17.6 Å². The number of carbonyl (C=O) groups excluding carboxylic acids is 1. The number of nitriles is 1. The number of hydrogen-bond donors (Lipinski definition) is 1. The minimum absolute atomic E-state index is 0.294. The van der Waals surface area contributed by atoms with Crippen molar-refractivity contribution in [3.63, 3.8) is 0 Å². The number of hydroxylamine groups is 2. The number of rotatable bonds is 2. The van der Waals surface area contributed by atoms with Crippen LogP contribution in [0.2, 0.25) is 0 Å². The van der Waals surface area contributed by atoms with Crippen molar-refractivity contribution in [3.05, 3.63) is 59.4 Å². The third-order valence-electron chi connectivity index (χ3n) is 3.98. The molecule has 1 aliphatic heterocycles. The first-order chi connectivity index (χ1) is 11.4. The third-order valence-corrected chi connectivity index (χ3v) is 3.98. The number of hydrogen-bond acceptors (Lipinski definition) is 5. The van der Waals surface area contributed by atoms with Gasteiger partial charge in [-0.25, -0.2) is 5.06 Å². The molecule has 0 bridgehead atoms. The lowest BCUT2D eigenvalue weighted by Crippen LogP contribution is -2.42. The highest BCUT2D eigenvalue weighted by atomic mass is 16.5. The summed E-state index contributed by atoms with van der Waals surface area (Å²) >= 11 is 0. The number of carbonyl (C=O) groups is 1. The van der Waals surface area contributed by atoms with Crippen molar-refractivity contribution in [3.8, 4) is 11.8 Å². The Kier molecular flexibility index (Phi) is 3.96. The van der Waals surface area contributed by atoms with Crippen LogP contribution in [0.1, 0.15) is 47.8 Å². The van der Waals surface area contributed by atoms with E-state index >= 15 is 0 Å². The number of amides is 1. The van der Waals surface area contributed by atoms with Crippen molar-refractivity contribution in [2.45, 2.75) is 31.9 Å². The Labute approximate surface area is 139 Å². The molecule has 1 aliphatic rings. The van der Waals surface area contributed by atoms with Crippen LogP contribution >= 0.6 is 0 Å². The van der Waals surface area contributed by atoms with Gasteiger partial charge in [0.05, 0.1) is 23.2 Å². The Balaban J connectivity index is 2.01. The minimum Gasteiger partial charge on any atom is -0.487 e. The number of aromatic nitrogens is 1. The van der Waals surface area contributed by atoms with Gasteiger partial charge in [0.15, 0.2) is 0 Å². The predicted molar refractivity (Wildman–Crippen MR) is 85.4 cm³/mol. The first-order valence-corrected chi connectivity index (χ1v) is 7.57. The molecule has 0 spiro atoms. The quantitative estimate of drug-likeness (QED) is 0.678. The monoisotopic (exact) mass is 323 g/mol. The fourth-order valence-corrected chi connectivity index (χ4v) is 2.87. The summed E-state index contributed by atoms with van der Waals surface area (Å²) in [6, 6.07) is 9.69. The summed E-state index contributed by atoms with van der Waals surface area (Å²) < 4.78 is 5.91. The number of pyridine rings is 1. The molecule has 2 aromatic rings. The number of benzene rings is 1. The first-order valence-electron chi connectivity index (χ1n) is 7.57. The summed E-state index contributed by atoms with van der Waals surface area (Å²) in [6.45, 7) is 3.78. The van der Waals surface area contributed by atoms with E-state index in [0.717, 1.165) is 0 Å². The van der Waals surface area contributed by atoms with Gasteiger partial charge in [0.25, 0.3) is 5.91 Å². The van der Waals surface area contributed by atoms with Crippen molar-refractivity contribution in [2.24, 2.45) is 0 Å². The molecule has 0 fully saturated rings. The van der Waals surface area contributed by atoms with E-state index in [-0.39, 0.29) is 0 Å². The Morgan fingerprint density at radius 3 is 2.92 bits per heavy atom.